The van der Waals surface area contributed by atoms with Crippen LogP contribution in [0, 0.1) is 0 Å². The number of nitrogens with one attached hydrogen (secondary N) is 1. The fourth-order valence-electron chi connectivity index (χ4n) is 0.821. The van der Waals surface area contributed by atoms with Gasteiger partial charge in [0.25, 0.3) is 0 Å². The third-order valence-corrected chi connectivity index (χ3v) is 2.08. The Kier molecular flexibility index (Phi) is 3.04. The van der Waals surface area contributed by atoms with Gasteiger partial charge in [0.15, 0.2) is 0 Å². The summed E-state index contributed by atoms with van der Waals surface area (Å²) < 4.78 is 0. The van der Waals surface area contributed by atoms with Crippen LogP contribution in [0.25, 0.3) is 0 Å². The van der Waals surface area contributed by atoms with Crippen molar-refractivity contribution >= 4 is 17.4 Å². The largest absolute Gasteiger partial charge is 0.341 e. The lowest BCUT2D eigenvalue weighted by atomic mass is 10.4. The van der Waals surface area contributed by atoms with Crippen LogP contribution in [-0.4, -0.2) is 30.0 Å². The Morgan fingerprint density at radius 2 is 2.58 bits per heavy atom. The van der Waals surface area contributed by atoms with Crippen molar-refractivity contribution in [3.05, 3.63) is 16.6 Å². The van der Waals surface area contributed by atoms with Gasteiger partial charge in [0.2, 0.25) is 0 Å². The maximum Gasteiger partial charge on any atom is 0.317 e. The van der Waals surface area contributed by atoms with Crippen molar-refractivity contribution in [3.63, 3.8) is 0 Å². The van der Waals surface area contributed by atoms with Gasteiger partial charge in [0, 0.05) is 19.5 Å². The van der Waals surface area contributed by atoms with E-state index in [2.05, 4.69) is 10.3 Å². The lowest BCUT2D eigenvalue weighted by molar-refractivity contribution is 0.209. The molecule has 1 aromatic heterocycles. The molecule has 1 N–H and O–H groups in total. The van der Waals surface area contributed by atoms with Crippen LogP contribution in [0.1, 0.15) is 5.69 Å². The molecule has 0 bridgehead atoms. The molecule has 0 aliphatic carbocycles. The third kappa shape index (κ3) is 2.20. The molecule has 0 aliphatic rings. The Balaban J connectivity index is 2.47. The zero-order valence-electron chi connectivity index (χ0n) is 7.07. The molecule has 1 heterocycles. The van der Waals surface area contributed by atoms with Gasteiger partial charge in [-0.1, -0.05) is 0 Å². The van der Waals surface area contributed by atoms with Gasteiger partial charge in [-0.15, -0.1) is 11.3 Å². The standard InChI is InChI=1S/C7H11N3OS/c1-8-7(11)10(2)3-6-4-12-5-9-6/h4-5H,3H2,1-2H3,(H,8,11). The average molecular weight is 185 g/mol. The monoisotopic (exact) mass is 185 g/mol. The number of carbonyl (C=O) groups is 1. The molecule has 0 radical (unpaired) electrons. The van der Waals surface area contributed by atoms with E-state index in [0.29, 0.717) is 6.54 Å². The molecule has 0 spiro atoms. The maximum absolute atomic E-state index is 11.0. The van der Waals surface area contributed by atoms with E-state index in [9.17, 15) is 4.79 Å². The molecule has 0 atom stereocenters. The van der Waals surface area contributed by atoms with Crippen molar-refractivity contribution < 1.29 is 4.79 Å². The first-order valence-electron chi connectivity index (χ1n) is 3.54. The Hall–Kier alpha value is -1.10. The van der Waals surface area contributed by atoms with Crippen LogP contribution < -0.4 is 5.32 Å². The zero-order chi connectivity index (χ0) is 8.97. The minimum absolute atomic E-state index is 0.0944. The van der Waals surface area contributed by atoms with Crippen LogP contribution >= 0.6 is 11.3 Å². The van der Waals surface area contributed by atoms with Gasteiger partial charge in [-0.3, -0.25) is 0 Å². The Morgan fingerprint density at radius 1 is 1.83 bits per heavy atom. The van der Waals surface area contributed by atoms with E-state index in [0.717, 1.165) is 5.69 Å². The first-order valence-corrected chi connectivity index (χ1v) is 4.48. The quantitative estimate of drug-likeness (QED) is 0.744. The van der Waals surface area contributed by atoms with Crippen LogP contribution in [0.15, 0.2) is 10.9 Å². The zero-order valence-corrected chi connectivity index (χ0v) is 7.89. The predicted octanol–water partition coefficient (Wildman–Crippen LogP) is 0.914. The summed E-state index contributed by atoms with van der Waals surface area (Å²) in [5.74, 6) is 0. The molecule has 0 saturated heterocycles. The molecule has 1 rings (SSSR count). The maximum atomic E-state index is 11.0. The van der Waals surface area contributed by atoms with Gasteiger partial charge in [0.1, 0.15) is 0 Å². The van der Waals surface area contributed by atoms with E-state index in [1.54, 1.807) is 24.5 Å². The van der Waals surface area contributed by atoms with Crippen molar-refractivity contribution in [2.24, 2.45) is 0 Å². The number of hydrogen-bond donors (Lipinski definition) is 1. The van der Waals surface area contributed by atoms with E-state index in [4.69, 9.17) is 0 Å². The average Bonchev–Trinajstić information content (AvgIpc) is 2.55. The normalized spacial score (nSPS) is 9.50. The minimum atomic E-state index is -0.0944. The number of aromatic nitrogens is 1. The van der Waals surface area contributed by atoms with Crippen molar-refractivity contribution in [1.29, 1.82) is 0 Å². The second kappa shape index (κ2) is 4.06. The first-order chi connectivity index (χ1) is 5.74. The van der Waals surface area contributed by atoms with Gasteiger partial charge < -0.3 is 10.2 Å². The Bertz CT molecular complexity index is 247. The molecule has 1 aromatic rings. The molecule has 2 amide bonds. The number of rotatable bonds is 2. The molecular weight excluding hydrogens is 174 g/mol. The number of urea groups is 1. The summed E-state index contributed by atoms with van der Waals surface area (Å²) in [5, 5.41) is 4.47. The predicted molar refractivity (Wildman–Crippen MR) is 48.0 cm³/mol. The van der Waals surface area contributed by atoms with Crippen LogP contribution in [0.2, 0.25) is 0 Å². The van der Waals surface area contributed by atoms with E-state index in [-0.39, 0.29) is 6.03 Å². The molecular formula is C7H11N3OS. The molecule has 0 aliphatic heterocycles. The first kappa shape index (κ1) is 8.99. The molecule has 12 heavy (non-hydrogen) atoms. The van der Waals surface area contributed by atoms with E-state index in [1.165, 1.54) is 11.3 Å². The van der Waals surface area contributed by atoms with Crippen molar-refractivity contribution in [2.75, 3.05) is 14.1 Å². The number of carbonyl (C=O) groups excluding carboxylic acids is 1. The second-order valence-electron chi connectivity index (χ2n) is 2.39. The number of hydrogen-bond acceptors (Lipinski definition) is 3. The number of nitrogens with zero attached hydrogens (tertiary/aromatic N) is 2. The molecule has 5 heteroatoms. The summed E-state index contributed by atoms with van der Waals surface area (Å²) in [6.07, 6.45) is 0. The van der Waals surface area contributed by atoms with Crippen LogP contribution in [0.5, 0.6) is 0 Å². The summed E-state index contributed by atoms with van der Waals surface area (Å²) in [7, 11) is 3.35. The Labute approximate surface area is 75.2 Å². The van der Waals surface area contributed by atoms with E-state index in [1.807, 2.05) is 5.38 Å². The van der Waals surface area contributed by atoms with Gasteiger partial charge in [-0.05, 0) is 0 Å². The van der Waals surface area contributed by atoms with E-state index >= 15 is 0 Å². The lowest BCUT2D eigenvalue weighted by Crippen LogP contribution is -2.34. The molecule has 0 aromatic carbocycles. The van der Waals surface area contributed by atoms with Crippen molar-refractivity contribution in [1.82, 2.24) is 15.2 Å². The highest BCUT2D eigenvalue weighted by Crippen LogP contribution is 2.03. The molecule has 0 saturated carbocycles. The van der Waals surface area contributed by atoms with Gasteiger partial charge in [0.05, 0.1) is 17.7 Å². The number of amides is 2. The summed E-state index contributed by atoms with van der Waals surface area (Å²) in [6.45, 7) is 0.559. The van der Waals surface area contributed by atoms with Crippen molar-refractivity contribution in [3.8, 4) is 0 Å². The SMILES string of the molecule is CNC(=O)N(C)Cc1cscn1. The van der Waals surface area contributed by atoms with Gasteiger partial charge in [-0.2, -0.15) is 0 Å². The molecule has 66 valence electrons. The van der Waals surface area contributed by atoms with Gasteiger partial charge >= 0.3 is 6.03 Å². The van der Waals surface area contributed by atoms with Gasteiger partial charge in [-0.25, -0.2) is 9.78 Å². The lowest BCUT2D eigenvalue weighted by Gasteiger charge is -2.14. The highest BCUT2D eigenvalue weighted by molar-refractivity contribution is 7.07. The van der Waals surface area contributed by atoms with Crippen LogP contribution in [0.3, 0.4) is 0 Å². The van der Waals surface area contributed by atoms with Crippen LogP contribution in [-0.2, 0) is 6.54 Å². The molecule has 4 nitrogen and oxygen atoms in total. The smallest absolute Gasteiger partial charge is 0.317 e. The molecule has 0 fully saturated rings. The fraction of sp³-hybridized carbons (Fsp3) is 0.429. The minimum Gasteiger partial charge on any atom is -0.341 e. The third-order valence-electron chi connectivity index (χ3n) is 1.44. The van der Waals surface area contributed by atoms with E-state index < -0.39 is 0 Å². The summed E-state index contributed by atoms with van der Waals surface area (Å²) in [4.78, 5) is 16.7. The number of thiazole rings is 1. The van der Waals surface area contributed by atoms with Crippen molar-refractivity contribution in [2.45, 2.75) is 6.54 Å². The summed E-state index contributed by atoms with van der Waals surface area (Å²) in [5.41, 5.74) is 2.68. The Morgan fingerprint density at radius 3 is 3.08 bits per heavy atom. The van der Waals surface area contributed by atoms with Crippen LogP contribution in [0.4, 0.5) is 4.79 Å². The topological polar surface area (TPSA) is 45.2 Å². The fourth-order valence-corrected chi connectivity index (χ4v) is 1.37. The highest BCUT2D eigenvalue weighted by Gasteiger charge is 2.06. The summed E-state index contributed by atoms with van der Waals surface area (Å²) >= 11 is 1.53. The highest BCUT2D eigenvalue weighted by atomic mass is 32.1. The second-order valence-corrected chi connectivity index (χ2v) is 3.11. The summed E-state index contributed by atoms with van der Waals surface area (Å²) in [6, 6.07) is -0.0944. The molecule has 0 unspecified atom stereocenters.